The molecule has 28 heavy (non-hydrogen) atoms. The Hall–Kier alpha value is -2.92. The van der Waals surface area contributed by atoms with Crippen molar-refractivity contribution in [3.8, 4) is 16.9 Å². The van der Waals surface area contributed by atoms with Crippen molar-refractivity contribution in [3.05, 3.63) is 78.4 Å². The third kappa shape index (κ3) is 4.31. The molecular formula is C23H24FN3O. The predicted octanol–water partition coefficient (Wildman–Crippen LogP) is 4.22. The van der Waals surface area contributed by atoms with Crippen LogP contribution in [0.25, 0.3) is 11.1 Å². The van der Waals surface area contributed by atoms with Crippen LogP contribution in [-0.4, -0.2) is 43.2 Å². The minimum absolute atomic E-state index is 0.221. The van der Waals surface area contributed by atoms with Gasteiger partial charge in [-0.1, -0.05) is 18.2 Å². The molecule has 144 valence electrons. The molecule has 0 unspecified atom stereocenters. The standard InChI is InChI=1S/C23H24FN3O/c1-28-23-4-2-3-22(14-23)27-11-9-26(10-12-27)17-18-13-20(16-25-15-18)19-5-7-21(24)8-6-19/h2-8,13-16H,9-12,17H2,1H3. The molecule has 1 aliphatic rings. The summed E-state index contributed by atoms with van der Waals surface area (Å²) in [7, 11) is 1.70. The molecule has 4 nitrogen and oxygen atoms in total. The molecule has 1 saturated heterocycles. The zero-order valence-corrected chi connectivity index (χ0v) is 16.0. The number of aromatic nitrogens is 1. The minimum Gasteiger partial charge on any atom is -0.497 e. The Morgan fingerprint density at radius 3 is 2.46 bits per heavy atom. The highest BCUT2D eigenvalue weighted by Crippen LogP contribution is 2.23. The van der Waals surface area contributed by atoms with Gasteiger partial charge in [0.1, 0.15) is 11.6 Å². The van der Waals surface area contributed by atoms with E-state index in [9.17, 15) is 4.39 Å². The second kappa shape index (κ2) is 8.40. The Morgan fingerprint density at radius 2 is 1.71 bits per heavy atom. The topological polar surface area (TPSA) is 28.6 Å². The summed E-state index contributed by atoms with van der Waals surface area (Å²) in [5.41, 5.74) is 4.39. The number of pyridine rings is 1. The van der Waals surface area contributed by atoms with E-state index in [0.717, 1.165) is 49.6 Å². The number of halogens is 1. The van der Waals surface area contributed by atoms with Crippen LogP contribution >= 0.6 is 0 Å². The fraction of sp³-hybridized carbons (Fsp3) is 0.261. The van der Waals surface area contributed by atoms with Crippen molar-refractivity contribution in [2.45, 2.75) is 6.54 Å². The zero-order chi connectivity index (χ0) is 19.3. The zero-order valence-electron chi connectivity index (χ0n) is 16.0. The summed E-state index contributed by atoms with van der Waals surface area (Å²) in [4.78, 5) is 9.23. The van der Waals surface area contributed by atoms with Gasteiger partial charge < -0.3 is 9.64 Å². The van der Waals surface area contributed by atoms with E-state index < -0.39 is 0 Å². The van der Waals surface area contributed by atoms with E-state index in [-0.39, 0.29) is 5.82 Å². The third-order valence-electron chi connectivity index (χ3n) is 5.17. The summed E-state index contributed by atoms with van der Waals surface area (Å²) in [5, 5.41) is 0. The van der Waals surface area contributed by atoms with Crippen molar-refractivity contribution in [1.29, 1.82) is 0 Å². The highest BCUT2D eigenvalue weighted by atomic mass is 19.1. The maximum Gasteiger partial charge on any atom is 0.123 e. The van der Waals surface area contributed by atoms with Crippen LogP contribution in [0.5, 0.6) is 5.75 Å². The van der Waals surface area contributed by atoms with Crippen molar-refractivity contribution < 1.29 is 9.13 Å². The van der Waals surface area contributed by atoms with Crippen LogP contribution in [0.3, 0.4) is 0 Å². The van der Waals surface area contributed by atoms with Gasteiger partial charge in [-0.15, -0.1) is 0 Å². The SMILES string of the molecule is COc1cccc(N2CCN(Cc3cncc(-c4ccc(F)cc4)c3)CC2)c1. The average molecular weight is 377 g/mol. The number of hydrogen-bond donors (Lipinski definition) is 0. The van der Waals surface area contributed by atoms with Crippen LogP contribution < -0.4 is 9.64 Å². The highest BCUT2D eigenvalue weighted by Gasteiger charge is 2.18. The van der Waals surface area contributed by atoms with Gasteiger partial charge >= 0.3 is 0 Å². The molecular weight excluding hydrogens is 353 g/mol. The number of methoxy groups -OCH3 is 1. The van der Waals surface area contributed by atoms with Crippen LogP contribution in [-0.2, 0) is 6.54 Å². The summed E-state index contributed by atoms with van der Waals surface area (Å²) in [6.07, 6.45) is 3.75. The molecule has 1 fully saturated rings. The van der Waals surface area contributed by atoms with Crippen LogP contribution in [0.4, 0.5) is 10.1 Å². The Balaban J connectivity index is 1.38. The second-order valence-electron chi connectivity index (χ2n) is 7.05. The Morgan fingerprint density at radius 1 is 0.929 bits per heavy atom. The molecule has 0 bridgehead atoms. The summed E-state index contributed by atoms with van der Waals surface area (Å²) in [6, 6.07) is 16.9. The third-order valence-corrected chi connectivity index (χ3v) is 5.17. The average Bonchev–Trinajstić information content (AvgIpc) is 2.75. The van der Waals surface area contributed by atoms with Gasteiger partial charge in [-0.05, 0) is 41.5 Å². The van der Waals surface area contributed by atoms with Crippen molar-refractivity contribution in [2.75, 3.05) is 38.2 Å². The van der Waals surface area contributed by atoms with E-state index in [1.165, 1.54) is 23.4 Å². The summed E-state index contributed by atoms with van der Waals surface area (Å²) >= 11 is 0. The number of nitrogens with zero attached hydrogens (tertiary/aromatic N) is 3. The van der Waals surface area contributed by atoms with Gasteiger partial charge in [0.15, 0.2) is 0 Å². The molecule has 2 aromatic carbocycles. The van der Waals surface area contributed by atoms with Crippen molar-refractivity contribution in [3.63, 3.8) is 0 Å². The highest BCUT2D eigenvalue weighted by molar-refractivity contribution is 5.62. The first-order chi connectivity index (χ1) is 13.7. The number of rotatable bonds is 5. The molecule has 1 aromatic heterocycles. The lowest BCUT2D eigenvalue weighted by Crippen LogP contribution is -2.45. The lowest BCUT2D eigenvalue weighted by molar-refractivity contribution is 0.249. The van der Waals surface area contributed by atoms with Crippen LogP contribution in [0.15, 0.2) is 67.0 Å². The quantitative estimate of drug-likeness (QED) is 0.666. The summed E-state index contributed by atoms with van der Waals surface area (Å²) < 4.78 is 18.5. The molecule has 1 aliphatic heterocycles. The number of anilines is 1. The number of ether oxygens (including phenoxy) is 1. The minimum atomic E-state index is -0.221. The lowest BCUT2D eigenvalue weighted by Gasteiger charge is -2.36. The number of piperazine rings is 1. The molecule has 0 radical (unpaired) electrons. The smallest absolute Gasteiger partial charge is 0.123 e. The van der Waals surface area contributed by atoms with Gasteiger partial charge in [0.2, 0.25) is 0 Å². The van der Waals surface area contributed by atoms with Crippen LogP contribution in [0.1, 0.15) is 5.56 Å². The monoisotopic (exact) mass is 377 g/mol. The van der Waals surface area contributed by atoms with Gasteiger partial charge in [-0.25, -0.2) is 4.39 Å². The molecule has 0 aliphatic carbocycles. The molecule has 2 heterocycles. The van der Waals surface area contributed by atoms with E-state index >= 15 is 0 Å². The first-order valence-electron chi connectivity index (χ1n) is 9.52. The normalized spacial score (nSPS) is 14.9. The van der Waals surface area contributed by atoms with Gasteiger partial charge in [-0.3, -0.25) is 9.88 Å². The molecule has 0 saturated carbocycles. The van der Waals surface area contributed by atoms with Crippen molar-refractivity contribution in [1.82, 2.24) is 9.88 Å². The van der Waals surface area contributed by atoms with E-state index in [4.69, 9.17) is 4.74 Å². The van der Waals surface area contributed by atoms with Gasteiger partial charge in [0, 0.05) is 62.4 Å². The second-order valence-corrected chi connectivity index (χ2v) is 7.05. The Kier molecular flexibility index (Phi) is 5.53. The fourth-order valence-electron chi connectivity index (χ4n) is 3.60. The largest absolute Gasteiger partial charge is 0.497 e. The van der Waals surface area contributed by atoms with Crippen molar-refractivity contribution in [2.24, 2.45) is 0 Å². The number of benzene rings is 2. The van der Waals surface area contributed by atoms with Crippen LogP contribution in [0.2, 0.25) is 0 Å². The Labute approximate surface area is 165 Å². The first kappa shape index (κ1) is 18.4. The molecule has 0 N–H and O–H groups in total. The molecule has 0 spiro atoms. The van der Waals surface area contributed by atoms with Gasteiger partial charge in [-0.2, -0.15) is 0 Å². The first-order valence-corrected chi connectivity index (χ1v) is 9.52. The summed E-state index contributed by atoms with van der Waals surface area (Å²) in [6.45, 7) is 4.83. The molecule has 4 rings (SSSR count). The molecule has 5 heteroatoms. The predicted molar refractivity (Wildman–Crippen MR) is 110 cm³/mol. The van der Waals surface area contributed by atoms with E-state index in [1.807, 2.05) is 24.5 Å². The molecule has 3 aromatic rings. The van der Waals surface area contributed by atoms with Crippen molar-refractivity contribution >= 4 is 5.69 Å². The van der Waals surface area contributed by atoms with E-state index in [0.29, 0.717) is 0 Å². The fourth-order valence-corrected chi connectivity index (χ4v) is 3.60. The van der Waals surface area contributed by atoms with Gasteiger partial charge in [0.05, 0.1) is 7.11 Å². The van der Waals surface area contributed by atoms with E-state index in [1.54, 1.807) is 19.2 Å². The summed E-state index contributed by atoms with van der Waals surface area (Å²) in [5.74, 6) is 0.672. The lowest BCUT2D eigenvalue weighted by atomic mass is 10.1. The van der Waals surface area contributed by atoms with Crippen LogP contribution in [0, 0.1) is 5.82 Å². The van der Waals surface area contributed by atoms with Gasteiger partial charge in [0.25, 0.3) is 0 Å². The Bertz CT molecular complexity index is 921. The molecule has 0 atom stereocenters. The molecule has 0 amide bonds. The maximum atomic E-state index is 13.2. The maximum absolute atomic E-state index is 13.2. The van der Waals surface area contributed by atoms with E-state index in [2.05, 4.69) is 33.0 Å². The number of hydrogen-bond acceptors (Lipinski definition) is 4.